The summed E-state index contributed by atoms with van der Waals surface area (Å²) in [6, 6.07) is 1.64. The van der Waals surface area contributed by atoms with Crippen LogP contribution in [0.5, 0.6) is 0 Å². The number of nitrogens with one attached hydrogen (secondary N) is 2. The SMILES string of the molecule is CC(C)n1c(=O)cc(N[C@@H](C)C2CCCCC2)[nH]c1=O. The third-order valence-electron chi connectivity index (χ3n) is 4.22. The molecule has 1 atom stereocenters. The maximum absolute atomic E-state index is 12.0. The molecule has 0 aliphatic heterocycles. The Labute approximate surface area is 119 Å². The molecule has 20 heavy (non-hydrogen) atoms. The van der Waals surface area contributed by atoms with Gasteiger partial charge < -0.3 is 5.32 Å². The molecule has 1 saturated carbocycles. The van der Waals surface area contributed by atoms with Crippen molar-refractivity contribution in [2.24, 2.45) is 5.92 Å². The molecule has 0 amide bonds. The highest BCUT2D eigenvalue weighted by atomic mass is 16.2. The fraction of sp³-hybridized carbons (Fsp3) is 0.733. The molecule has 0 radical (unpaired) electrons. The number of rotatable bonds is 4. The lowest BCUT2D eigenvalue weighted by Gasteiger charge is -2.28. The largest absolute Gasteiger partial charge is 0.369 e. The highest BCUT2D eigenvalue weighted by Crippen LogP contribution is 2.27. The fourth-order valence-electron chi connectivity index (χ4n) is 3.07. The Kier molecular flexibility index (Phi) is 4.68. The average molecular weight is 279 g/mol. The molecular weight excluding hydrogens is 254 g/mol. The number of aromatic nitrogens is 2. The van der Waals surface area contributed by atoms with Gasteiger partial charge in [0, 0.05) is 18.2 Å². The lowest BCUT2D eigenvalue weighted by molar-refractivity contribution is 0.328. The first kappa shape index (κ1) is 14.9. The number of hydrogen-bond acceptors (Lipinski definition) is 3. The molecule has 2 rings (SSSR count). The van der Waals surface area contributed by atoms with Crippen molar-refractivity contribution in [2.75, 3.05) is 5.32 Å². The van der Waals surface area contributed by atoms with Gasteiger partial charge in [0.2, 0.25) is 0 Å². The highest BCUT2D eigenvalue weighted by Gasteiger charge is 2.20. The van der Waals surface area contributed by atoms with Gasteiger partial charge in [0.05, 0.1) is 0 Å². The van der Waals surface area contributed by atoms with Crippen LogP contribution in [-0.2, 0) is 0 Å². The minimum absolute atomic E-state index is 0.129. The molecule has 0 aromatic carbocycles. The van der Waals surface area contributed by atoms with E-state index < -0.39 is 0 Å². The van der Waals surface area contributed by atoms with Crippen LogP contribution >= 0.6 is 0 Å². The molecule has 0 saturated heterocycles. The van der Waals surface area contributed by atoms with E-state index in [1.165, 1.54) is 42.7 Å². The second kappa shape index (κ2) is 6.29. The van der Waals surface area contributed by atoms with Crippen molar-refractivity contribution >= 4 is 5.82 Å². The first-order valence-electron chi connectivity index (χ1n) is 7.61. The predicted octanol–water partition coefficient (Wildman–Crippen LogP) is 2.50. The molecule has 0 unspecified atom stereocenters. The van der Waals surface area contributed by atoms with Gasteiger partial charge in [0.1, 0.15) is 5.82 Å². The van der Waals surface area contributed by atoms with Gasteiger partial charge in [-0.2, -0.15) is 0 Å². The van der Waals surface area contributed by atoms with Crippen LogP contribution in [0.15, 0.2) is 15.7 Å². The Balaban J connectivity index is 2.14. The Morgan fingerprint density at radius 1 is 1.20 bits per heavy atom. The minimum atomic E-state index is -0.342. The summed E-state index contributed by atoms with van der Waals surface area (Å²) in [7, 11) is 0. The molecule has 0 spiro atoms. The van der Waals surface area contributed by atoms with Crippen LogP contribution in [0.2, 0.25) is 0 Å². The maximum Gasteiger partial charge on any atom is 0.330 e. The van der Waals surface area contributed by atoms with Crippen LogP contribution in [0.3, 0.4) is 0 Å². The molecule has 1 aliphatic rings. The lowest BCUT2D eigenvalue weighted by atomic mass is 9.84. The topological polar surface area (TPSA) is 66.9 Å². The van der Waals surface area contributed by atoms with E-state index >= 15 is 0 Å². The summed E-state index contributed by atoms with van der Waals surface area (Å²) >= 11 is 0. The van der Waals surface area contributed by atoms with E-state index in [2.05, 4.69) is 17.2 Å². The van der Waals surface area contributed by atoms with Crippen molar-refractivity contribution in [1.82, 2.24) is 9.55 Å². The third-order valence-corrected chi connectivity index (χ3v) is 4.22. The van der Waals surface area contributed by atoms with Crippen LogP contribution in [0.4, 0.5) is 5.82 Å². The van der Waals surface area contributed by atoms with E-state index in [9.17, 15) is 9.59 Å². The maximum atomic E-state index is 12.0. The molecule has 1 aliphatic carbocycles. The molecule has 5 heteroatoms. The molecule has 1 fully saturated rings. The van der Waals surface area contributed by atoms with Crippen molar-refractivity contribution in [3.8, 4) is 0 Å². The number of aromatic amines is 1. The van der Waals surface area contributed by atoms with E-state index in [1.807, 2.05) is 13.8 Å². The van der Waals surface area contributed by atoms with Crippen molar-refractivity contribution in [3.63, 3.8) is 0 Å². The molecule has 1 heterocycles. The van der Waals surface area contributed by atoms with E-state index in [0.29, 0.717) is 11.7 Å². The van der Waals surface area contributed by atoms with Crippen LogP contribution < -0.4 is 16.6 Å². The number of hydrogen-bond donors (Lipinski definition) is 2. The average Bonchev–Trinajstić information content (AvgIpc) is 2.38. The molecule has 0 bridgehead atoms. The standard InChI is InChI=1S/C15H25N3O2/c1-10(2)18-14(19)9-13(17-15(18)20)16-11(3)12-7-5-4-6-8-12/h9-12,16H,4-8H2,1-3H3,(H,17,20)/t11-/m0/s1. The first-order valence-corrected chi connectivity index (χ1v) is 7.61. The van der Waals surface area contributed by atoms with Gasteiger partial charge in [0.25, 0.3) is 5.56 Å². The molecule has 112 valence electrons. The van der Waals surface area contributed by atoms with Gasteiger partial charge in [-0.3, -0.25) is 14.3 Å². The van der Waals surface area contributed by atoms with E-state index in [0.717, 1.165) is 0 Å². The summed E-state index contributed by atoms with van der Waals surface area (Å²) in [6.45, 7) is 5.78. The Morgan fingerprint density at radius 3 is 2.40 bits per heavy atom. The normalized spacial score (nSPS) is 18.2. The molecule has 1 aromatic rings. The summed E-state index contributed by atoms with van der Waals surface area (Å²) in [5.41, 5.74) is -0.590. The summed E-state index contributed by atoms with van der Waals surface area (Å²) in [5, 5.41) is 3.29. The molecule has 2 N–H and O–H groups in total. The van der Waals surface area contributed by atoms with Crippen molar-refractivity contribution in [2.45, 2.75) is 65.0 Å². The Bertz CT molecular complexity index is 522. The van der Waals surface area contributed by atoms with Crippen molar-refractivity contribution < 1.29 is 0 Å². The fourth-order valence-corrected chi connectivity index (χ4v) is 3.07. The highest BCUT2D eigenvalue weighted by molar-refractivity contribution is 5.33. The van der Waals surface area contributed by atoms with Crippen LogP contribution in [-0.4, -0.2) is 15.6 Å². The second-order valence-corrected chi connectivity index (χ2v) is 6.12. The van der Waals surface area contributed by atoms with Gasteiger partial charge in [-0.15, -0.1) is 0 Å². The first-order chi connectivity index (χ1) is 9.49. The smallest absolute Gasteiger partial charge is 0.330 e. The summed E-state index contributed by atoms with van der Waals surface area (Å²) < 4.78 is 1.23. The lowest BCUT2D eigenvalue weighted by Crippen LogP contribution is -2.37. The zero-order chi connectivity index (χ0) is 14.7. The van der Waals surface area contributed by atoms with Crippen LogP contribution in [0.25, 0.3) is 0 Å². The zero-order valence-electron chi connectivity index (χ0n) is 12.6. The van der Waals surface area contributed by atoms with E-state index in [4.69, 9.17) is 0 Å². The Hall–Kier alpha value is -1.52. The van der Waals surface area contributed by atoms with Gasteiger partial charge in [-0.05, 0) is 39.5 Å². The van der Waals surface area contributed by atoms with Crippen molar-refractivity contribution in [1.29, 1.82) is 0 Å². The molecule has 1 aromatic heterocycles. The quantitative estimate of drug-likeness (QED) is 0.890. The summed E-state index contributed by atoms with van der Waals surface area (Å²) in [6.07, 6.45) is 6.33. The summed E-state index contributed by atoms with van der Waals surface area (Å²) in [5.74, 6) is 1.16. The number of anilines is 1. The monoisotopic (exact) mass is 279 g/mol. The van der Waals surface area contributed by atoms with Gasteiger partial charge in [-0.1, -0.05) is 19.3 Å². The van der Waals surface area contributed by atoms with Crippen LogP contribution in [0, 0.1) is 5.92 Å². The van der Waals surface area contributed by atoms with E-state index in [1.54, 1.807) is 0 Å². The second-order valence-electron chi connectivity index (χ2n) is 6.12. The third kappa shape index (κ3) is 3.32. The zero-order valence-corrected chi connectivity index (χ0v) is 12.6. The minimum Gasteiger partial charge on any atom is -0.369 e. The van der Waals surface area contributed by atoms with E-state index in [-0.39, 0.29) is 23.3 Å². The van der Waals surface area contributed by atoms with Crippen LogP contribution in [0.1, 0.15) is 58.9 Å². The van der Waals surface area contributed by atoms with Gasteiger partial charge >= 0.3 is 5.69 Å². The molecular formula is C15H25N3O2. The number of H-pyrrole nitrogens is 1. The Morgan fingerprint density at radius 2 is 1.85 bits per heavy atom. The van der Waals surface area contributed by atoms with Gasteiger partial charge in [-0.25, -0.2) is 4.79 Å². The predicted molar refractivity (Wildman–Crippen MR) is 81.4 cm³/mol. The van der Waals surface area contributed by atoms with Crippen molar-refractivity contribution in [3.05, 3.63) is 26.9 Å². The summed E-state index contributed by atoms with van der Waals surface area (Å²) in [4.78, 5) is 26.7. The molecule has 5 nitrogen and oxygen atoms in total. The van der Waals surface area contributed by atoms with Gasteiger partial charge in [0.15, 0.2) is 0 Å². The number of nitrogens with zero attached hydrogens (tertiary/aromatic N) is 1.